The van der Waals surface area contributed by atoms with Crippen LogP contribution in [-0.2, 0) is 24.9 Å². The fourth-order valence-corrected chi connectivity index (χ4v) is 9.29. The van der Waals surface area contributed by atoms with Crippen LogP contribution < -0.4 is 34.5 Å². The second kappa shape index (κ2) is 18.3. The summed E-state index contributed by atoms with van der Waals surface area (Å²) in [5.41, 5.74) is 4.07. The van der Waals surface area contributed by atoms with Crippen LogP contribution in [-0.4, -0.2) is 98.1 Å². The molecule has 3 aromatic carbocycles. The van der Waals surface area contributed by atoms with Gasteiger partial charge in [-0.2, -0.15) is 13.2 Å². The summed E-state index contributed by atoms with van der Waals surface area (Å²) in [6.45, 7) is 14.3. The molecule has 2 aliphatic heterocycles. The molecule has 14 nitrogen and oxygen atoms in total. The molecule has 3 N–H and O–H groups in total. The Morgan fingerprint density at radius 3 is 2.17 bits per heavy atom. The fraction of sp³-hybridized carbons (Fsp3) is 0.350. The molecular formula is C40H46F3N5O9S2. The molecule has 0 aromatic heterocycles. The van der Waals surface area contributed by atoms with Crippen molar-refractivity contribution in [1.82, 2.24) is 9.89 Å². The van der Waals surface area contributed by atoms with Crippen LogP contribution in [0.4, 0.5) is 30.2 Å². The number of sulfonamides is 1. The molecule has 3 aliphatic rings. The van der Waals surface area contributed by atoms with E-state index in [1.165, 1.54) is 18.2 Å². The number of ether oxygens (including phenoxy) is 1. The van der Waals surface area contributed by atoms with E-state index in [0.717, 1.165) is 56.4 Å². The van der Waals surface area contributed by atoms with Gasteiger partial charge in [0.15, 0.2) is 0 Å². The average molecular weight is 862 g/mol. The summed E-state index contributed by atoms with van der Waals surface area (Å²) in [5.74, 6) is -1.62. The predicted molar refractivity (Wildman–Crippen MR) is 219 cm³/mol. The van der Waals surface area contributed by atoms with E-state index in [0.29, 0.717) is 57.9 Å². The third-order valence-corrected chi connectivity index (χ3v) is 12.3. The lowest BCUT2D eigenvalue weighted by atomic mass is 9.93. The van der Waals surface area contributed by atoms with E-state index < -0.39 is 42.1 Å². The van der Waals surface area contributed by atoms with Crippen LogP contribution in [0.15, 0.2) is 87.0 Å². The Labute approximate surface area is 340 Å². The minimum atomic E-state index is -5.27. The van der Waals surface area contributed by atoms with Gasteiger partial charge in [-0.05, 0) is 81.8 Å². The molecule has 1 saturated heterocycles. The highest BCUT2D eigenvalue weighted by Gasteiger charge is 2.38. The lowest BCUT2D eigenvalue weighted by Crippen LogP contribution is -2.43. The highest BCUT2D eigenvalue weighted by atomic mass is 32.2. The number of benzene rings is 4. The topological polar surface area (TPSA) is 185 Å². The van der Waals surface area contributed by atoms with Crippen molar-refractivity contribution in [2.75, 3.05) is 74.0 Å². The van der Waals surface area contributed by atoms with Crippen LogP contribution in [0.5, 0.6) is 5.75 Å². The van der Waals surface area contributed by atoms with E-state index in [2.05, 4.69) is 52.1 Å². The van der Waals surface area contributed by atoms with Crippen molar-refractivity contribution in [2.24, 2.45) is 0 Å². The highest BCUT2D eigenvalue weighted by Crippen LogP contribution is 2.42. The van der Waals surface area contributed by atoms with Crippen LogP contribution in [0.2, 0.25) is 0 Å². The molecule has 0 radical (unpaired) electrons. The Balaban J connectivity index is 0.000000867. The number of nitrogens with one attached hydrogen (secondary N) is 2. The van der Waals surface area contributed by atoms with Crippen LogP contribution in [0, 0.1) is 0 Å². The number of methoxy groups -OCH3 is 1. The molecular weight excluding hydrogens is 816 g/mol. The summed E-state index contributed by atoms with van der Waals surface area (Å²) < 4.78 is 115. The standard InChI is InChI=1S/C38H45N5O7S2.C2HF3O2/c1-6-41(7-2)28-12-14-30-34(24-28)50-35-25-29(42(8-3)9-4)13-15-31(35)38(30)26-10-17-36(37(22-26)52(46,47)48)51(44,45)40-27-11-16-33(49-5)32(23-27)43-20-18-39-19-21-43;3-2(4,5)1(6)7/h10-17,22-25,39-40H,6-9,18-21H2,1-5H3;(H,6,7). The van der Waals surface area contributed by atoms with Gasteiger partial charge in [-0.1, -0.05) is 6.07 Å². The number of carboxylic acids is 1. The normalized spacial score (nSPS) is 13.5. The molecule has 0 atom stereocenters. The van der Waals surface area contributed by atoms with E-state index >= 15 is 0 Å². The lowest BCUT2D eigenvalue weighted by Gasteiger charge is -2.31. The molecule has 318 valence electrons. The minimum absolute atomic E-state index is 0.197. The fourth-order valence-electron chi connectivity index (χ4n) is 6.95. The van der Waals surface area contributed by atoms with E-state index in [9.17, 15) is 34.6 Å². The first-order valence-corrected chi connectivity index (χ1v) is 21.7. The number of anilines is 3. The first-order valence-electron chi connectivity index (χ1n) is 18.8. The molecule has 0 unspecified atom stereocenters. The molecule has 1 fully saturated rings. The number of piperazine rings is 1. The van der Waals surface area contributed by atoms with Gasteiger partial charge in [0.25, 0.3) is 10.0 Å². The SMILES string of the molecule is CCN(CC)c1ccc2c(-c3ccc(S(=O)(=O)Nc4ccc(OC)c(N5CCNCC5)c4)c(S(=O)(=O)[O-])c3)c3ccc(=[N+](CC)CC)cc-3oc2c1.O=C(O)C(F)(F)F. The highest BCUT2D eigenvalue weighted by molar-refractivity contribution is 7.93. The predicted octanol–water partition coefficient (Wildman–Crippen LogP) is 5.62. The smallest absolute Gasteiger partial charge is 0.490 e. The number of fused-ring (bicyclic) bond motifs is 2. The van der Waals surface area contributed by atoms with Gasteiger partial charge in [0.05, 0.1) is 29.4 Å². The molecule has 19 heteroatoms. The Kier molecular flexibility index (Phi) is 13.9. The van der Waals surface area contributed by atoms with Gasteiger partial charge in [0.1, 0.15) is 45.2 Å². The van der Waals surface area contributed by atoms with E-state index in [1.54, 1.807) is 19.2 Å². The van der Waals surface area contributed by atoms with Gasteiger partial charge in [-0.25, -0.2) is 26.2 Å². The van der Waals surface area contributed by atoms with Crippen molar-refractivity contribution >= 4 is 54.1 Å². The van der Waals surface area contributed by atoms with Gasteiger partial charge in [-0.15, -0.1) is 0 Å². The summed E-state index contributed by atoms with van der Waals surface area (Å²) in [5, 5.41) is 12.1. The van der Waals surface area contributed by atoms with Crippen molar-refractivity contribution in [3.63, 3.8) is 0 Å². The third-order valence-electron chi connectivity index (χ3n) is 9.87. The number of aliphatic carboxylic acids is 1. The number of carbonyl (C=O) groups is 1. The Morgan fingerprint density at radius 1 is 0.932 bits per heavy atom. The molecule has 0 bridgehead atoms. The van der Waals surface area contributed by atoms with Crippen molar-refractivity contribution in [2.45, 2.75) is 43.7 Å². The zero-order valence-corrected chi connectivity index (χ0v) is 34.7. The van der Waals surface area contributed by atoms with E-state index in [1.807, 2.05) is 36.4 Å². The number of halogens is 3. The molecule has 1 aliphatic carbocycles. The number of rotatable bonds is 12. The molecule has 0 saturated carbocycles. The van der Waals surface area contributed by atoms with Crippen molar-refractivity contribution in [1.29, 1.82) is 0 Å². The van der Waals surface area contributed by atoms with Crippen LogP contribution >= 0.6 is 0 Å². The van der Waals surface area contributed by atoms with Gasteiger partial charge in [0, 0.05) is 73.6 Å². The quantitative estimate of drug-likeness (QED) is 0.0801. The largest absolute Gasteiger partial charge is 0.744 e. The van der Waals surface area contributed by atoms with E-state index in [4.69, 9.17) is 19.1 Å². The molecule has 0 spiro atoms. The van der Waals surface area contributed by atoms with Gasteiger partial charge >= 0.3 is 12.1 Å². The number of carboxylic acid groups (broad SMARTS) is 1. The maximum absolute atomic E-state index is 13.9. The minimum Gasteiger partial charge on any atom is -0.744 e. The second-order valence-electron chi connectivity index (χ2n) is 13.3. The molecule has 2 heterocycles. The van der Waals surface area contributed by atoms with Gasteiger partial charge in [-0.3, -0.25) is 4.72 Å². The summed E-state index contributed by atoms with van der Waals surface area (Å²) in [6.07, 6.45) is -5.08. The van der Waals surface area contributed by atoms with Gasteiger partial charge in [0.2, 0.25) is 5.36 Å². The van der Waals surface area contributed by atoms with Crippen LogP contribution in [0.1, 0.15) is 27.7 Å². The average Bonchev–Trinajstić information content (AvgIpc) is 3.20. The summed E-state index contributed by atoms with van der Waals surface area (Å²) in [4.78, 5) is 11.7. The monoisotopic (exact) mass is 861 g/mol. The summed E-state index contributed by atoms with van der Waals surface area (Å²) in [6, 6.07) is 20.4. The first kappa shape index (κ1) is 44.7. The Morgan fingerprint density at radius 2 is 1.59 bits per heavy atom. The van der Waals surface area contributed by atoms with Crippen LogP contribution in [0.25, 0.3) is 33.4 Å². The summed E-state index contributed by atoms with van der Waals surface area (Å²) in [7, 11) is -8.28. The van der Waals surface area contributed by atoms with Crippen LogP contribution in [0.3, 0.4) is 0 Å². The van der Waals surface area contributed by atoms with Crippen molar-refractivity contribution in [3.05, 3.63) is 78.2 Å². The van der Waals surface area contributed by atoms with E-state index in [-0.39, 0.29) is 5.69 Å². The molecule has 59 heavy (non-hydrogen) atoms. The maximum atomic E-state index is 13.9. The first-order chi connectivity index (χ1) is 27.9. The zero-order valence-electron chi connectivity index (χ0n) is 33.1. The number of hydrogen-bond donors (Lipinski definition) is 3. The van der Waals surface area contributed by atoms with Crippen molar-refractivity contribution in [3.8, 4) is 28.2 Å². The third kappa shape index (κ3) is 10.1. The lowest BCUT2D eigenvalue weighted by molar-refractivity contribution is -0.192. The molecule has 0 amide bonds. The summed E-state index contributed by atoms with van der Waals surface area (Å²) >= 11 is 0. The zero-order chi connectivity index (χ0) is 43.3. The van der Waals surface area contributed by atoms with Gasteiger partial charge < -0.3 is 33.9 Å². The number of alkyl halides is 3. The number of nitrogens with zero attached hydrogens (tertiary/aromatic N) is 3. The van der Waals surface area contributed by atoms with Crippen molar-refractivity contribution < 1.29 is 53.6 Å². The Bertz CT molecular complexity index is 2580. The maximum Gasteiger partial charge on any atom is 0.490 e. The molecule has 3 aromatic rings. The Hall–Kier alpha value is -5.37. The number of hydrogen-bond acceptors (Lipinski definition) is 11. The second-order valence-corrected chi connectivity index (χ2v) is 16.3. The molecule has 6 rings (SSSR count).